The molecule has 2 aromatic rings. The number of nitrogens with zero attached hydrogens (tertiary/aromatic N) is 3. The molecule has 1 radical (unpaired) electrons. The van der Waals surface area contributed by atoms with E-state index in [0.29, 0.717) is 5.69 Å². The van der Waals surface area contributed by atoms with Crippen molar-refractivity contribution in [2.45, 2.75) is 12.7 Å². The van der Waals surface area contributed by atoms with E-state index in [1.165, 1.54) is 10.9 Å². The van der Waals surface area contributed by atoms with Crippen molar-refractivity contribution in [1.82, 2.24) is 14.8 Å². The van der Waals surface area contributed by atoms with E-state index in [4.69, 9.17) is 0 Å². The van der Waals surface area contributed by atoms with Crippen LogP contribution in [0.2, 0.25) is 0 Å². The Kier molecular flexibility index (Phi) is 2.64. The van der Waals surface area contributed by atoms with Crippen molar-refractivity contribution in [1.29, 1.82) is 0 Å². The molecule has 0 N–H and O–H groups in total. The summed E-state index contributed by atoms with van der Waals surface area (Å²) in [5.41, 5.74) is -0.120. The van der Waals surface area contributed by atoms with Crippen LogP contribution in [0, 0.1) is 6.07 Å². The minimum absolute atomic E-state index is 0.213. The van der Waals surface area contributed by atoms with Crippen molar-refractivity contribution in [3.8, 4) is 0 Å². The summed E-state index contributed by atoms with van der Waals surface area (Å²) in [6, 6.07) is 6.05. The first-order valence-corrected chi connectivity index (χ1v) is 4.46. The monoisotopic (exact) mass is 226 g/mol. The van der Waals surface area contributed by atoms with Crippen molar-refractivity contribution in [2.75, 3.05) is 0 Å². The largest absolute Gasteiger partial charge is 0.419 e. The number of alkyl halides is 3. The smallest absolute Gasteiger partial charge is 0.266 e. The number of rotatable bonds is 2. The molecular weight excluding hydrogens is 219 g/mol. The zero-order chi connectivity index (χ0) is 11.6. The summed E-state index contributed by atoms with van der Waals surface area (Å²) >= 11 is 0. The summed E-state index contributed by atoms with van der Waals surface area (Å²) in [5.74, 6) is 0. The molecule has 0 aliphatic carbocycles. The minimum Gasteiger partial charge on any atom is -0.266 e. The van der Waals surface area contributed by atoms with Crippen LogP contribution in [0.15, 0.2) is 30.7 Å². The molecule has 2 heterocycles. The summed E-state index contributed by atoms with van der Waals surface area (Å²) in [5, 5.41) is 3.62. The van der Waals surface area contributed by atoms with Crippen molar-refractivity contribution in [3.05, 3.63) is 48.0 Å². The Bertz CT molecular complexity index is 462. The molecule has 0 aromatic carbocycles. The second-order valence-corrected chi connectivity index (χ2v) is 3.17. The molecule has 0 bridgehead atoms. The van der Waals surface area contributed by atoms with Crippen LogP contribution in [-0.4, -0.2) is 14.8 Å². The molecule has 0 saturated carbocycles. The first-order valence-electron chi connectivity index (χ1n) is 4.46. The molecule has 0 aliphatic rings. The van der Waals surface area contributed by atoms with Gasteiger partial charge in [-0.1, -0.05) is 6.07 Å². The summed E-state index contributed by atoms with van der Waals surface area (Å²) < 4.78 is 38.0. The van der Waals surface area contributed by atoms with Crippen LogP contribution in [0.3, 0.4) is 0 Å². The maximum absolute atomic E-state index is 12.3. The molecule has 2 aromatic heterocycles. The Morgan fingerprint density at radius 3 is 2.75 bits per heavy atom. The minimum atomic E-state index is -4.35. The second-order valence-electron chi connectivity index (χ2n) is 3.17. The highest BCUT2D eigenvalue weighted by molar-refractivity contribution is 5.10. The molecule has 3 nitrogen and oxygen atoms in total. The van der Waals surface area contributed by atoms with Gasteiger partial charge in [-0.15, -0.1) is 0 Å². The van der Waals surface area contributed by atoms with Crippen LogP contribution in [0.4, 0.5) is 13.2 Å². The lowest BCUT2D eigenvalue weighted by Gasteiger charge is -2.01. The zero-order valence-corrected chi connectivity index (χ0v) is 8.07. The lowest BCUT2D eigenvalue weighted by atomic mass is 10.3. The maximum atomic E-state index is 12.3. The summed E-state index contributed by atoms with van der Waals surface area (Å²) in [4.78, 5) is 3.95. The van der Waals surface area contributed by atoms with Gasteiger partial charge in [0.15, 0.2) is 0 Å². The van der Waals surface area contributed by atoms with Gasteiger partial charge in [0.1, 0.15) is 0 Å². The van der Waals surface area contributed by atoms with Gasteiger partial charge >= 0.3 is 6.18 Å². The molecule has 6 heteroatoms. The van der Waals surface area contributed by atoms with E-state index in [1.54, 1.807) is 12.1 Å². The quantitative estimate of drug-likeness (QED) is 0.785. The van der Waals surface area contributed by atoms with E-state index in [0.717, 1.165) is 12.4 Å². The van der Waals surface area contributed by atoms with E-state index >= 15 is 0 Å². The average Bonchev–Trinajstić information content (AvgIpc) is 2.67. The molecule has 83 valence electrons. The average molecular weight is 226 g/mol. The van der Waals surface area contributed by atoms with Crippen LogP contribution >= 0.6 is 0 Å². The third-order valence-corrected chi connectivity index (χ3v) is 1.96. The Morgan fingerprint density at radius 1 is 1.38 bits per heavy atom. The van der Waals surface area contributed by atoms with Gasteiger partial charge in [-0.2, -0.15) is 18.3 Å². The first-order chi connectivity index (χ1) is 7.55. The van der Waals surface area contributed by atoms with Crippen molar-refractivity contribution < 1.29 is 13.2 Å². The van der Waals surface area contributed by atoms with Gasteiger partial charge < -0.3 is 0 Å². The molecule has 0 saturated heterocycles. The normalized spacial score (nSPS) is 11.7. The molecule has 16 heavy (non-hydrogen) atoms. The number of pyridine rings is 1. The SMILES string of the molecule is FC(F)(F)c1cnn(Cc2cc[c]cn2)c1. The van der Waals surface area contributed by atoms with E-state index in [2.05, 4.69) is 16.1 Å². The van der Waals surface area contributed by atoms with Gasteiger partial charge in [0.2, 0.25) is 0 Å². The van der Waals surface area contributed by atoms with Crippen molar-refractivity contribution in [3.63, 3.8) is 0 Å². The number of hydrogen-bond acceptors (Lipinski definition) is 2. The standard InChI is InChI=1S/C10H7F3N3/c11-10(12,13)8-5-15-16(6-8)7-9-3-1-2-4-14-9/h1,3-6H,7H2. The van der Waals surface area contributed by atoms with Gasteiger partial charge in [0.05, 0.1) is 24.0 Å². The van der Waals surface area contributed by atoms with Crippen LogP contribution in [0.1, 0.15) is 11.3 Å². The molecule has 0 atom stereocenters. The fraction of sp³-hybridized carbons (Fsp3) is 0.200. The van der Waals surface area contributed by atoms with Gasteiger partial charge in [-0.25, -0.2) is 0 Å². The van der Waals surface area contributed by atoms with E-state index in [-0.39, 0.29) is 6.54 Å². The third-order valence-electron chi connectivity index (χ3n) is 1.96. The molecular formula is C10H7F3N3. The molecule has 0 spiro atoms. The highest BCUT2D eigenvalue weighted by Gasteiger charge is 2.32. The molecule has 0 aliphatic heterocycles. The molecule has 0 fully saturated rings. The second kappa shape index (κ2) is 3.96. The van der Waals surface area contributed by atoms with Crippen molar-refractivity contribution in [2.24, 2.45) is 0 Å². The predicted octanol–water partition coefficient (Wildman–Crippen LogP) is 2.15. The van der Waals surface area contributed by atoms with Gasteiger partial charge in [0.25, 0.3) is 0 Å². The Labute approximate surface area is 89.5 Å². The summed E-state index contributed by atoms with van der Waals surface area (Å²) in [6.07, 6.45) is -1.13. The van der Waals surface area contributed by atoms with Gasteiger partial charge in [-0.05, 0) is 6.07 Å². The Morgan fingerprint density at radius 2 is 2.19 bits per heavy atom. The Balaban J connectivity index is 2.15. The topological polar surface area (TPSA) is 30.7 Å². The maximum Gasteiger partial charge on any atom is 0.419 e. The summed E-state index contributed by atoms with van der Waals surface area (Å²) in [7, 11) is 0. The zero-order valence-electron chi connectivity index (χ0n) is 8.07. The summed E-state index contributed by atoms with van der Waals surface area (Å²) in [6.45, 7) is 0.213. The van der Waals surface area contributed by atoms with E-state index < -0.39 is 11.7 Å². The molecule has 2 rings (SSSR count). The highest BCUT2D eigenvalue weighted by Crippen LogP contribution is 2.28. The first kappa shape index (κ1) is 10.7. The van der Waals surface area contributed by atoms with Crippen LogP contribution in [-0.2, 0) is 12.7 Å². The van der Waals surface area contributed by atoms with Gasteiger partial charge in [0, 0.05) is 18.5 Å². The lowest BCUT2D eigenvalue weighted by Crippen LogP contribution is -2.04. The number of hydrogen-bond donors (Lipinski definition) is 0. The van der Waals surface area contributed by atoms with Crippen molar-refractivity contribution >= 4 is 0 Å². The van der Waals surface area contributed by atoms with E-state index in [9.17, 15) is 13.2 Å². The van der Waals surface area contributed by atoms with Gasteiger partial charge in [-0.3, -0.25) is 9.67 Å². The predicted molar refractivity (Wildman–Crippen MR) is 49.4 cm³/mol. The molecule has 0 unspecified atom stereocenters. The van der Waals surface area contributed by atoms with E-state index in [1.807, 2.05) is 0 Å². The van der Waals surface area contributed by atoms with Crippen LogP contribution < -0.4 is 0 Å². The fourth-order valence-electron chi connectivity index (χ4n) is 1.21. The number of aromatic nitrogens is 3. The van der Waals surface area contributed by atoms with Crippen LogP contribution in [0.25, 0.3) is 0 Å². The lowest BCUT2D eigenvalue weighted by molar-refractivity contribution is -0.137. The highest BCUT2D eigenvalue weighted by atomic mass is 19.4. The van der Waals surface area contributed by atoms with Crippen LogP contribution in [0.5, 0.6) is 0 Å². The molecule has 0 amide bonds. The Hall–Kier alpha value is -1.85. The number of halogens is 3. The fourth-order valence-corrected chi connectivity index (χ4v) is 1.21. The third kappa shape index (κ3) is 2.39.